The molecule has 0 bridgehead atoms. The van der Waals surface area contributed by atoms with Crippen molar-refractivity contribution < 1.29 is 8.78 Å². The number of nitrogens with zero attached hydrogens (tertiary/aromatic N) is 1. The van der Waals surface area contributed by atoms with Gasteiger partial charge in [-0.05, 0) is 23.6 Å². The predicted molar refractivity (Wildman–Crippen MR) is 63.5 cm³/mol. The molecule has 1 saturated carbocycles. The highest BCUT2D eigenvalue weighted by Crippen LogP contribution is 2.50. The van der Waals surface area contributed by atoms with Gasteiger partial charge in [-0.15, -0.1) is 0 Å². The Balaban J connectivity index is 1.91. The van der Waals surface area contributed by atoms with E-state index in [9.17, 15) is 8.78 Å². The lowest BCUT2D eigenvalue weighted by Gasteiger charge is -2.45. The third kappa shape index (κ3) is 1.62. The highest BCUT2D eigenvalue weighted by atomic mass is 19.3. The molecule has 0 atom stereocenters. The number of hydrogen-bond acceptors (Lipinski definition) is 2. The quantitative estimate of drug-likeness (QED) is 0.813. The van der Waals surface area contributed by atoms with Crippen LogP contribution in [0.3, 0.4) is 0 Å². The second-order valence-corrected chi connectivity index (χ2v) is 5.38. The van der Waals surface area contributed by atoms with Gasteiger partial charge in [0, 0.05) is 32.1 Å². The normalized spacial score (nSPS) is 24.4. The Morgan fingerprint density at radius 2 is 2.00 bits per heavy atom. The van der Waals surface area contributed by atoms with Gasteiger partial charge < -0.3 is 10.6 Å². The van der Waals surface area contributed by atoms with Crippen LogP contribution in [0.1, 0.15) is 24.0 Å². The molecule has 1 aromatic carbocycles. The summed E-state index contributed by atoms with van der Waals surface area (Å²) in [6.45, 7) is 0.993. The van der Waals surface area contributed by atoms with E-state index in [1.165, 1.54) is 11.3 Å². The van der Waals surface area contributed by atoms with E-state index < -0.39 is 11.5 Å². The van der Waals surface area contributed by atoms with Crippen LogP contribution in [0, 0.1) is 0 Å². The Morgan fingerprint density at radius 1 is 1.29 bits per heavy atom. The number of alkyl halides is 2. The van der Waals surface area contributed by atoms with Gasteiger partial charge in [-0.25, -0.2) is 8.78 Å². The Labute approximate surface area is 99.4 Å². The van der Waals surface area contributed by atoms with E-state index in [0.29, 0.717) is 0 Å². The molecular weight excluding hydrogens is 222 g/mol. The zero-order valence-corrected chi connectivity index (χ0v) is 9.84. The maximum absolute atomic E-state index is 13.0. The maximum Gasteiger partial charge on any atom is 0.252 e. The molecule has 0 radical (unpaired) electrons. The number of benzene rings is 1. The first-order valence-electron chi connectivity index (χ1n) is 5.91. The monoisotopic (exact) mass is 238 g/mol. The fourth-order valence-electron chi connectivity index (χ4n) is 2.95. The molecule has 0 aromatic heterocycles. The first-order chi connectivity index (χ1) is 7.90. The summed E-state index contributed by atoms with van der Waals surface area (Å²) in [4.78, 5) is 2.18. The van der Waals surface area contributed by atoms with Gasteiger partial charge in [0.1, 0.15) is 0 Å². The van der Waals surface area contributed by atoms with Gasteiger partial charge in [-0.2, -0.15) is 0 Å². The van der Waals surface area contributed by atoms with Crippen molar-refractivity contribution in [2.45, 2.75) is 30.7 Å². The Bertz CT molecular complexity index is 462. The summed E-state index contributed by atoms with van der Waals surface area (Å²) in [6.07, 6.45) is 0.523. The molecule has 0 unspecified atom stereocenters. The van der Waals surface area contributed by atoms with Crippen molar-refractivity contribution in [3.63, 3.8) is 0 Å². The van der Waals surface area contributed by atoms with Crippen LogP contribution in [0.2, 0.25) is 0 Å². The van der Waals surface area contributed by atoms with Crippen molar-refractivity contribution in [2.24, 2.45) is 5.73 Å². The summed E-state index contributed by atoms with van der Waals surface area (Å²) in [5, 5.41) is 0. The number of fused-ring (bicyclic) bond motifs is 1. The van der Waals surface area contributed by atoms with Crippen LogP contribution in [0.4, 0.5) is 14.5 Å². The topological polar surface area (TPSA) is 29.3 Å². The summed E-state index contributed by atoms with van der Waals surface area (Å²) >= 11 is 0. The first kappa shape index (κ1) is 11.0. The fraction of sp³-hybridized carbons (Fsp3) is 0.538. The second-order valence-electron chi connectivity index (χ2n) is 5.38. The maximum atomic E-state index is 13.0. The minimum atomic E-state index is -2.58. The standard InChI is InChI=1S/C13H16F2N2/c1-17-5-4-9-6-10(2-3-11(9)17)12(16)7-13(14,15)8-12/h2-3,6H,4-5,7-8,16H2,1H3. The molecule has 1 fully saturated rings. The van der Waals surface area contributed by atoms with Crippen LogP contribution in [-0.2, 0) is 12.0 Å². The number of halogens is 2. The number of hydrogen-bond donors (Lipinski definition) is 1. The molecule has 4 heteroatoms. The Kier molecular flexibility index (Phi) is 2.06. The van der Waals surface area contributed by atoms with E-state index in [1.54, 1.807) is 0 Å². The van der Waals surface area contributed by atoms with Crippen molar-refractivity contribution in [1.82, 2.24) is 0 Å². The highest BCUT2D eigenvalue weighted by Gasteiger charge is 2.55. The van der Waals surface area contributed by atoms with Gasteiger partial charge in [0.2, 0.25) is 0 Å². The lowest BCUT2D eigenvalue weighted by atomic mass is 9.69. The van der Waals surface area contributed by atoms with Gasteiger partial charge in [-0.3, -0.25) is 0 Å². The predicted octanol–water partition coefficient (Wildman–Crippen LogP) is 2.26. The molecule has 0 amide bonds. The van der Waals surface area contributed by atoms with Crippen LogP contribution in [0.5, 0.6) is 0 Å². The molecule has 92 valence electrons. The molecule has 2 nitrogen and oxygen atoms in total. The molecule has 3 rings (SSSR count). The number of anilines is 1. The summed E-state index contributed by atoms with van der Waals surface area (Å²) in [6, 6.07) is 5.91. The number of rotatable bonds is 1. The lowest BCUT2D eigenvalue weighted by molar-refractivity contribution is -0.125. The molecular formula is C13H16F2N2. The first-order valence-corrected chi connectivity index (χ1v) is 5.91. The average Bonchev–Trinajstić information content (AvgIpc) is 2.57. The highest BCUT2D eigenvalue weighted by molar-refractivity contribution is 5.59. The second kappa shape index (κ2) is 3.19. The summed E-state index contributed by atoms with van der Waals surface area (Å²) in [5.41, 5.74) is 8.50. The molecule has 0 saturated heterocycles. The SMILES string of the molecule is CN1CCc2cc(C3(N)CC(F)(F)C3)ccc21. The van der Waals surface area contributed by atoms with Crippen LogP contribution in [0.25, 0.3) is 0 Å². The Hall–Kier alpha value is -1.16. The van der Waals surface area contributed by atoms with Crippen LogP contribution in [-0.4, -0.2) is 19.5 Å². The minimum absolute atomic E-state index is 0.228. The zero-order chi connectivity index (χ0) is 12.3. The summed E-state index contributed by atoms with van der Waals surface area (Å²) in [5.74, 6) is -2.58. The molecule has 1 aliphatic heterocycles. The van der Waals surface area contributed by atoms with Crippen molar-refractivity contribution in [3.8, 4) is 0 Å². The van der Waals surface area contributed by atoms with Crippen LogP contribution >= 0.6 is 0 Å². The van der Waals surface area contributed by atoms with Crippen LogP contribution < -0.4 is 10.6 Å². The van der Waals surface area contributed by atoms with E-state index in [-0.39, 0.29) is 12.8 Å². The zero-order valence-electron chi connectivity index (χ0n) is 9.84. The van der Waals surface area contributed by atoms with Gasteiger partial charge in [-0.1, -0.05) is 12.1 Å². The molecule has 0 spiro atoms. The smallest absolute Gasteiger partial charge is 0.252 e. The number of nitrogens with two attached hydrogens (primary N) is 1. The Morgan fingerprint density at radius 3 is 2.65 bits per heavy atom. The molecule has 2 N–H and O–H groups in total. The molecule has 1 aliphatic carbocycles. The molecule has 1 aromatic rings. The third-order valence-electron chi connectivity index (χ3n) is 3.93. The van der Waals surface area contributed by atoms with Gasteiger partial charge in [0.25, 0.3) is 5.92 Å². The van der Waals surface area contributed by atoms with Crippen LogP contribution in [0.15, 0.2) is 18.2 Å². The largest absolute Gasteiger partial charge is 0.374 e. The van der Waals surface area contributed by atoms with E-state index in [1.807, 2.05) is 25.2 Å². The van der Waals surface area contributed by atoms with Crippen molar-refractivity contribution in [2.75, 3.05) is 18.5 Å². The van der Waals surface area contributed by atoms with Crippen molar-refractivity contribution in [3.05, 3.63) is 29.3 Å². The van der Waals surface area contributed by atoms with E-state index in [0.717, 1.165) is 18.5 Å². The lowest BCUT2D eigenvalue weighted by Crippen LogP contribution is -2.55. The average molecular weight is 238 g/mol. The van der Waals surface area contributed by atoms with E-state index in [4.69, 9.17) is 5.73 Å². The van der Waals surface area contributed by atoms with E-state index >= 15 is 0 Å². The molecule has 1 heterocycles. The third-order valence-corrected chi connectivity index (χ3v) is 3.93. The van der Waals surface area contributed by atoms with Gasteiger partial charge in [0.15, 0.2) is 0 Å². The fourth-order valence-corrected chi connectivity index (χ4v) is 2.95. The van der Waals surface area contributed by atoms with E-state index in [2.05, 4.69) is 4.90 Å². The molecule has 2 aliphatic rings. The minimum Gasteiger partial charge on any atom is -0.374 e. The molecule has 17 heavy (non-hydrogen) atoms. The van der Waals surface area contributed by atoms with Gasteiger partial charge >= 0.3 is 0 Å². The van der Waals surface area contributed by atoms with Crippen molar-refractivity contribution >= 4 is 5.69 Å². The summed E-state index contributed by atoms with van der Waals surface area (Å²) < 4.78 is 25.9. The summed E-state index contributed by atoms with van der Waals surface area (Å²) in [7, 11) is 2.04. The number of likely N-dealkylation sites (N-methyl/N-ethyl adjacent to an activating group) is 1. The van der Waals surface area contributed by atoms with Gasteiger partial charge in [0.05, 0.1) is 5.54 Å². The van der Waals surface area contributed by atoms with Crippen molar-refractivity contribution in [1.29, 1.82) is 0 Å².